The molecule has 0 saturated heterocycles. The lowest BCUT2D eigenvalue weighted by Crippen LogP contribution is -2.41. The van der Waals surface area contributed by atoms with Crippen molar-refractivity contribution in [2.75, 3.05) is 6.61 Å². The number of nitrogens with one attached hydrogen (secondary N) is 2. The van der Waals surface area contributed by atoms with Gasteiger partial charge in [-0.1, -0.05) is 48.5 Å². The van der Waals surface area contributed by atoms with Gasteiger partial charge in [0.05, 0.1) is 11.3 Å². The van der Waals surface area contributed by atoms with Gasteiger partial charge >= 0.3 is 12.1 Å². The zero-order valence-electron chi connectivity index (χ0n) is 19.5. The van der Waals surface area contributed by atoms with E-state index in [2.05, 4.69) is 34.9 Å². The Kier molecular flexibility index (Phi) is 5.31. The number of rotatable bonds is 6. The van der Waals surface area contributed by atoms with E-state index in [1.807, 2.05) is 24.3 Å². The number of carbonyl (C=O) groups is 3. The number of ether oxygens (including phenoxy) is 1. The molecule has 2 unspecified atom stereocenters. The van der Waals surface area contributed by atoms with Crippen molar-refractivity contribution >= 4 is 18.0 Å². The van der Waals surface area contributed by atoms with Crippen LogP contribution in [0.5, 0.6) is 0 Å². The molecular formula is C28H30N2O5. The van der Waals surface area contributed by atoms with Crippen LogP contribution < -0.4 is 10.6 Å². The van der Waals surface area contributed by atoms with Crippen LogP contribution in [-0.2, 0) is 14.3 Å². The van der Waals surface area contributed by atoms with Gasteiger partial charge in [-0.2, -0.15) is 0 Å². The Bertz CT molecular complexity index is 1150. The second kappa shape index (κ2) is 8.40. The van der Waals surface area contributed by atoms with E-state index in [0.717, 1.165) is 12.8 Å². The van der Waals surface area contributed by atoms with Gasteiger partial charge in [-0.15, -0.1) is 0 Å². The Morgan fingerprint density at radius 3 is 2.23 bits per heavy atom. The molecule has 0 aliphatic heterocycles. The molecule has 182 valence electrons. The molecule has 5 atom stereocenters. The number of benzene rings is 2. The van der Waals surface area contributed by atoms with Crippen molar-refractivity contribution in [1.82, 2.24) is 10.6 Å². The van der Waals surface area contributed by atoms with Gasteiger partial charge in [0.25, 0.3) is 0 Å². The number of carboxylic acid groups (broad SMARTS) is 1. The van der Waals surface area contributed by atoms with Crippen molar-refractivity contribution in [1.29, 1.82) is 0 Å². The number of fused-ring (bicyclic) bond motifs is 4. The summed E-state index contributed by atoms with van der Waals surface area (Å²) in [6.07, 6.45) is 3.63. The number of amides is 2. The molecular weight excluding hydrogens is 444 g/mol. The van der Waals surface area contributed by atoms with E-state index in [1.165, 1.54) is 22.3 Å². The predicted molar refractivity (Wildman–Crippen MR) is 129 cm³/mol. The molecule has 3 fully saturated rings. The maximum Gasteiger partial charge on any atom is 0.407 e. The molecule has 2 aromatic rings. The highest BCUT2D eigenvalue weighted by molar-refractivity contribution is 5.87. The van der Waals surface area contributed by atoms with Crippen LogP contribution in [0.15, 0.2) is 48.5 Å². The highest BCUT2D eigenvalue weighted by Crippen LogP contribution is 2.63. The van der Waals surface area contributed by atoms with Crippen LogP contribution in [0.2, 0.25) is 0 Å². The molecule has 0 radical (unpaired) electrons. The molecule has 3 N–H and O–H groups in total. The lowest BCUT2D eigenvalue weighted by molar-refractivity contribution is -0.141. The van der Waals surface area contributed by atoms with E-state index >= 15 is 0 Å². The highest BCUT2D eigenvalue weighted by Gasteiger charge is 2.65. The van der Waals surface area contributed by atoms with Gasteiger partial charge in [0.1, 0.15) is 6.61 Å². The van der Waals surface area contributed by atoms with Crippen LogP contribution in [-0.4, -0.2) is 41.8 Å². The first kappa shape index (κ1) is 22.1. The average molecular weight is 475 g/mol. The fraction of sp³-hybridized carbons (Fsp3) is 0.464. The van der Waals surface area contributed by atoms with Crippen molar-refractivity contribution in [3.8, 4) is 11.1 Å². The molecule has 6 rings (SSSR count). The van der Waals surface area contributed by atoms with E-state index in [9.17, 15) is 19.5 Å². The Hall–Kier alpha value is -3.35. The van der Waals surface area contributed by atoms with Crippen molar-refractivity contribution in [3.63, 3.8) is 0 Å². The van der Waals surface area contributed by atoms with Crippen molar-refractivity contribution < 1.29 is 24.2 Å². The van der Waals surface area contributed by atoms with Gasteiger partial charge in [0.15, 0.2) is 0 Å². The predicted octanol–water partition coefficient (Wildman–Crippen LogP) is 4.06. The molecule has 2 aromatic carbocycles. The molecule has 0 spiro atoms. The molecule has 35 heavy (non-hydrogen) atoms. The lowest BCUT2D eigenvalue weighted by atomic mass is 9.98. The second-order valence-corrected chi connectivity index (χ2v) is 10.7. The number of alkyl carbamates (subject to hydrolysis) is 1. The van der Waals surface area contributed by atoms with Crippen molar-refractivity contribution in [3.05, 3.63) is 59.7 Å². The molecule has 4 aliphatic rings. The maximum atomic E-state index is 13.0. The lowest BCUT2D eigenvalue weighted by Gasteiger charge is -2.21. The largest absolute Gasteiger partial charge is 0.481 e. The SMILES string of the molecule is O=C(N[C@@H]1C[C@H]2C[C@@]2(C(=O)NC2CCC(C(=O)O)C2)C1)OCC1c2ccccc2-c2ccccc21. The van der Waals surface area contributed by atoms with Gasteiger partial charge in [-0.25, -0.2) is 4.79 Å². The summed E-state index contributed by atoms with van der Waals surface area (Å²) in [5.74, 6) is -0.825. The van der Waals surface area contributed by atoms with E-state index in [4.69, 9.17) is 4.74 Å². The van der Waals surface area contributed by atoms with Gasteiger partial charge in [-0.05, 0) is 66.7 Å². The summed E-state index contributed by atoms with van der Waals surface area (Å²) < 4.78 is 5.68. The third kappa shape index (κ3) is 3.87. The summed E-state index contributed by atoms with van der Waals surface area (Å²) in [7, 11) is 0. The summed E-state index contributed by atoms with van der Waals surface area (Å²) in [5, 5.41) is 15.3. The Morgan fingerprint density at radius 1 is 0.886 bits per heavy atom. The highest BCUT2D eigenvalue weighted by atomic mass is 16.5. The van der Waals surface area contributed by atoms with Crippen LogP contribution >= 0.6 is 0 Å². The second-order valence-electron chi connectivity index (χ2n) is 10.7. The fourth-order valence-corrected chi connectivity index (χ4v) is 6.76. The van der Waals surface area contributed by atoms with Crippen LogP contribution in [0.1, 0.15) is 55.6 Å². The molecule has 4 aliphatic carbocycles. The van der Waals surface area contributed by atoms with Gasteiger partial charge in [0.2, 0.25) is 5.91 Å². The summed E-state index contributed by atoms with van der Waals surface area (Å²) in [6, 6.07) is 16.3. The van der Waals surface area contributed by atoms with E-state index in [-0.39, 0.29) is 42.4 Å². The third-order valence-corrected chi connectivity index (χ3v) is 8.65. The van der Waals surface area contributed by atoms with Crippen LogP contribution in [0.4, 0.5) is 4.79 Å². The van der Waals surface area contributed by atoms with E-state index in [1.54, 1.807) is 0 Å². The first-order valence-corrected chi connectivity index (χ1v) is 12.6. The smallest absolute Gasteiger partial charge is 0.407 e. The minimum absolute atomic E-state index is 0.0169. The third-order valence-electron chi connectivity index (χ3n) is 8.65. The van der Waals surface area contributed by atoms with Gasteiger partial charge in [-0.3, -0.25) is 9.59 Å². The quantitative estimate of drug-likeness (QED) is 0.586. The molecule has 7 heteroatoms. The van der Waals surface area contributed by atoms with Crippen LogP contribution in [0.25, 0.3) is 11.1 Å². The Morgan fingerprint density at radius 2 is 1.57 bits per heavy atom. The Labute approximate surface area is 204 Å². The van der Waals surface area contributed by atoms with E-state index < -0.39 is 17.5 Å². The first-order valence-electron chi connectivity index (χ1n) is 12.6. The minimum atomic E-state index is -0.780. The van der Waals surface area contributed by atoms with Crippen molar-refractivity contribution in [2.45, 2.75) is 56.5 Å². The summed E-state index contributed by atoms with van der Waals surface area (Å²) >= 11 is 0. The Balaban J connectivity index is 1.02. The molecule has 3 saturated carbocycles. The standard InChI is InChI=1S/C28H30N2O5/c31-25(32)16-9-10-18(11-16)29-26(33)28-13-17(28)12-19(14-28)30-27(34)35-15-24-22-7-3-1-5-20(22)21-6-2-4-8-23(21)24/h1-8,16-19,24H,9-15H2,(H,29,33)(H,30,34)(H,31,32)/t16?,17-,18?,19+,28+/m0/s1. The van der Waals surface area contributed by atoms with Crippen LogP contribution in [0, 0.1) is 17.3 Å². The molecule has 0 aromatic heterocycles. The number of hydrogen-bond donors (Lipinski definition) is 3. The molecule has 2 amide bonds. The number of carboxylic acids is 1. The fourth-order valence-electron chi connectivity index (χ4n) is 6.76. The normalized spacial score (nSPS) is 30.2. The van der Waals surface area contributed by atoms with Crippen molar-refractivity contribution in [2.24, 2.45) is 17.3 Å². The zero-order chi connectivity index (χ0) is 24.2. The average Bonchev–Trinajstić information content (AvgIpc) is 3.18. The summed E-state index contributed by atoms with van der Waals surface area (Å²) in [4.78, 5) is 36.9. The maximum absolute atomic E-state index is 13.0. The van der Waals surface area contributed by atoms with Gasteiger partial charge < -0.3 is 20.5 Å². The molecule has 7 nitrogen and oxygen atoms in total. The monoisotopic (exact) mass is 474 g/mol. The topological polar surface area (TPSA) is 105 Å². The van der Waals surface area contributed by atoms with Crippen LogP contribution in [0.3, 0.4) is 0 Å². The summed E-state index contributed by atoms with van der Waals surface area (Å²) in [5.41, 5.74) is 4.33. The number of aliphatic carboxylic acids is 1. The molecule has 0 bridgehead atoms. The minimum Gasteiger partial charge on any atom is -0.481 e. The number of carbonyl (C=O) groups excluding carboxylic acids is 2. The summed E-state index contributed by atoms with van der Waals surface area (Å²) in [6.45, 7) is 0.272. The van der Waals surface area contributed by atoms with E-state index in [0.29, 0.717) is 25.7 Å². The molecule has 0 heterocycles. The zero-order valence-corrected chi connectivity index (χ0v) is 19.5. The number of hydrogen-bond acceptors (Lipinski definition) is 4. The van der Waals surface area contributed by atoms with Gasteiger partial charge in [0, 0.05) is 18.0 Å². The first-order chi connectivity index (χ1) is 16.9.